The molecule has 1 heterocycles. The molecule has 2 N–H and O–H groups in total. The Balaban J connectivity index is 1.15. The lowest BCUT2D eigenvalue weighted by molar-refractivity contribution is -0.137. The van der Waals surface area contributed by atoms with Crippen molar-refractivity contribution >= 4 is 34.2 Å². The number of carboxylic acid groups (broad SMARTS) is 1. The normalized spacial score (nSPS) is 39.2. The number of hydrogen-bond acceptors (Lipinski definition) is 4. The van der Waals surface area contributed by atoms with E-state index in [9.17, 15) is 9.90 Å². The van der Waals surface area contributed by atoms with Gasteiger partial charge in [0.05, 0.1) is 0 Å². The number of nitrogens with zero attached hydrogens (tertiary/aromatic N) is 2. The van der Waals surface area contributed by atoms with Crippen LogP contribution in [0, 0.1) is 46.3 Å². The molecule has 4 aliphatic carbocycles. The molecule has 2 unspecified atom stereocenters. The number of aliphatic carboxylic acids is 1. The van der Waals surface area contributed by atoms with Crippen molar-refractivity contribution in [2.45, 2.75) is 97.4 Å². The topological polar surface area (TPSA) is 75.1 Å². The Morgan fingerprint density at radius 1 is 1.03 bits per heavy atom. The van der Waals surface area contributed by atoms with Gasteiger partial charge in [0, 0.05) is 23.2 Å². The lowest BCUT2D eigenvalue weighted by Gasteiger charge is -2.61. The van der Waals surface area contributed by atoms with E-state index in [2.05, 4.69) is 42.4 Å². The van der Waals surface area contributed by atoms with Crippen LogP contribution >= 0.6 is 11.6 Å². The van der Waals surface area contributed by atoms with Crippen molar-refractivity contribution in [1.29, 1.82) is 0 Å². The second-order valence-corrected chi connectivity index (χ2v) is 14.2. The van der Waals surface area contributed by atoms with Crippen LogP contribution in [0.5, 0.6) is 0 Å². The Morgan fingerprint density at radius 2 is 1.76 bits per heavy atom. The summed E-state index contributed by atoms with van der Waals surface area (Å²) in [6, 6.07) is 8.59. The summed E-state index contributed by atoms with van der Waals surface area (Å²) in [5.41, 5.74) is 0.832. The summed E-state index contributed by atoms with van der Waals surface area (Å²) >= 11 is 6.32. The number of carboxylic acids is 1. The van der Waals surface area contributed by atoms with Crippen LogP contribution in [-0.4, -0.2) is 27.3 Å². The predicted molar refractivity (Wildman–Crippen MR) is 153 cm³/mol. The van der Waals surface area contributed by atoms with E-state index in [1.807, 2.05) is 18.2 Å². The maximum atomic E-state index is 11.2. The molecule has 38 heavy (non-hydrogen) atoms. The maximum absolute atomic E-state index is 11.2. The molecule has 0 bridgehead atoms. The summed E-state index contributed by atoms with van der Waals surface area (Å²) in [5, 5.41) is 24.2. The summed E-state index contributed by atoms with van der Waals surface area (Å²) < 4.78 is 0. The van der Waals surface area contributed by atoms with E-state index in [-0.39, 0.29) is 0 Å². The van der Waals surface area contributed by atoms with E-state index in [0.29, 0.717) is 40.3 Å². The van der Waals surface area contributed by atoms with Crippen LogP contribution in [0.15, 0.2) is 24.3 Å². The number of aromatic nitrogens is 2. The summed E-state index contributed by atoms with van der Waals surface area (Å²) in [7, 11) is 0. The van der Waals surface area contributed by atoms with Crippen molar-refractivity contribution < 1.29 is 9.90 Å². The molecule has 4 saturated carbocycles. The van der Waals surface area contributed by atoms with Crippen LogP contribution in [0.1, 0.15) is 91.4 Å². The van der Waals surface area contributed by atoms with E-state index in [0.717, 1.165) is 46.7 Å². The molecule has 9 atom stereocenters. The molecule has 0 aliphatic heterocycles. The third kappa shape index (κ3) is 4.32. The minimum absolute atomic E-state index is 0.316. The number of rotatable bonds is 6. The number of fused-ring (bicyclic) bond motifs is 6. The molecule has 0 saturated heterocycles. The van der Waals surface area contributed by atoms with Crippen LogP contribution < -0.4 is 5.32 Å². The van der Waals surface area contributed by atoms with Crippen LogP contribution in [-0.2, 0) is 4.79 Å². The zero-order valence-electron chi connectivity index (χ0n) is 23.3. The molecular weight excluding hydrogens is 494 g/mol. The predicted octanol–water partition coefficient (Wildman–Crippen LogP) is 8.22. The molecule has 1 aromatic heterocycles. The van der Waals surface area contributed by atoms with Crippen molar-refractivity contribution in [2.24, 2.45) is 46.3 Å². The van der Waals surface area contributed by atoms with E-state index < -0.39 is 5.97 Å². The summed E-state index contributed by atoms with van der Waals surface area (Å²) in [6.45, 7) is 7.54. The lowest BCUT2D eigenvalue weighted by atomic mass is 9.44. The van der Waals surface area contributed by atoms with Gasteiger partial charge in [-0.2, -0.15) is 0 Å². The average Bonchev–Trinajstić information content (AvgIpc) is 3.26. The molecule has 2 aromatic rings. The zero-order valence-corrected chi connectivity index (χ0v) is 24.0. The molecule has 0 radical (unpaired) electrons. The largest absolute Gasteiger partial charge is 0.481 e. The third-order valence-corrected chi connectivity index (χ3v) is 12.5. The van der Waals surface area contributed by atoms with Gasteiger partial charge >= 0.3 is 5.97 Å². The molecule has 6 heteroatoms. The fraction of sp³-hybridized carbons (Fsp3) is 0.719. The van der Waals surface area contributed by atoms with E-state index >= 15 is 0 Å². The van der Waals surface area contributed by atoms with Crippen LogP contribution in [0.3, 0.4) is 0 Å². The molecule has 0 spiro atoms. The summed E-state index contributed by atoms with van der Waals surface area (Å²) in [4.78, 5) is 11.2. The van der Waals surface area contributed by atoms with Gasteiger partial charge in [-0.1, -0.05) is 56.6 Å². The van der Waals surface area contributed by atoms with Crippen molar-refractivity contribution in [3.8, 4) is 0 Å². The number of nitrogens with one attached hydrogen (secondary N) is 1. The first-order valence-electron chi connectivity index (χ1n) is 15.1. The molecule has 5 nitrogen and oxygen atoms in total. The Labute approximate surface area is 232 Å². The fourth-order valence-electron chi connectivity index (χ4n) is 10.3. The van der Waals surface area contributed by atoms with E-state index in [1.54, 1.807) is 0 Å². The zero-order chi connectivity index (χ0) is 26.7. The van der Waals surface area contributed by atoms with Gasteiger partial charge in [-0.3, -0.25) is 4.79 Å². The number of hydrogen-bond donors (Lipinski definition) is 2. The highest BCUT2D eigenvalue weighted by Gasteiger charge is 2.60. The minimum atomic E-state index is -0.645. The van der Waals surface area contributed by atoms with Crippen molar-refractivity contribution in [1.82, 2.24) is 10.2 Å². The Morgan fingerprint density at radius 3 is 2.55 bits per heavy atom. The Hall–Kier alpha value is -1.88. The van der Waals surface area contributed by atoms with Gasteiger partial charge in [0.2, 0.25) is 0 Å². The molecule has 4 aliphatic rings. The highest BCUT2D eigenvalue weighted by atomic mass is 35.5. The molecular formula is C32H44ClN3O2. The monoisotopic (exact) mass is 537 g/mol. The van der Waals surface area contributed by atoms with Crippen molar-refractivity contribution in [3.63, 3.8) is 0 Å². The highest BCUT2D eigenvalue weighted by Crippen LogP contribution is 2.68. The van der Waals surface area contributed by atoms with Gasteiger partial charge in [0.15, 0.2) is 11.0 Å². The molecule has 1 aromatic carbocycles. The van der Waals surface area contributed by atoms with Crippen LogP contribution in [0.2, 0.25) is 5.15 Å². The second-order valence-electron chi connectivity index (χ2n) is 13.8. The molecule has 206 valence electrons. The van der Waals surface area contributed by atoms with Gasteiger partial charge in [0.25, 0.3) is 0 Å². The van der Waals surface area contributed by atoms with E-state index in [4.69, 9.17) is 11.6 Å². The first-order valence-corrected chi connectivity index (χ1v) is 15.5. The number of halogens is 1. The van der Waals surface area contributed by atoms with Gasteiger partial charge in [-0.15, -0.1) is 10.2 Å². The quantitative estimate of drug-likeness (QED) is 0.388. The molecule has 6 rings (SSSR count). The second kappa shape index (κ2) is 9.94. The SMILES string of the molecule is C[C@H](CCC(=O)O)C1CC[C@H]2[C@@H]3CC[C@@H]4CC(Nc5nnc(Cl)c6ccccc56)CC[C@]4(C)[C@H]3CC[C@]12C. The van der Waals surface area contributed by atoms with Gasteiger partial charge in [-0.05, 0) is 111 Å². The van der Waals surface area contributed by atoms with Gasteiger partial charge in [-0.25, -0.2) is 0 Å². The Kier molecular flexibility index (Phi) is 6.90. The number of carbonyl (C=O) groups is 1. The van der Waals surface area contributed by atoms with Gasteiger partial charge in [0.1, 0.15) is 0 Å². The summed E-state index contributed by atoms with van der Waals surface area (Å²) in [5.74, 6) is 4.70. The first-order chi connectivity index (χ1) is 18.2. The van der Waals surface area contributed by atoms with E-state index in [1.165, 1.54) is 57.8 Å². The molecule has 4 fully saturated rings. The smallest absolute Gasteiger partial charge is 0.303 e. The van der Waals surface area contributed by atoms with Crippen LogP contribution in [0.25, 0.3) is 10.8 Å². The summed E-state index contributed by atoms with van der Waals surface area (Å²) in [6.07, 6.45) is 12.9. The highest BCUT2D eigenvalue weighted by molar-refractivity contribution is 6.34. The number of anilines is 1. The average molecular weight is 538 g/mol. The number of benzene rings is 1. The molecule has 0 amide bonds. The maximum Gasteiger partial charge on any atom is 0.303 e. The Bertz CT molecular complexity index is 1200. The first kappa shape index (κ1) is 26.3. The minimum Gasteiger partial charge on any atom is -0.481 e. The van der Waals surface area contributed by atoms with Crippen molar-refractivity contribution in [2.75, 3.05) is 5.32 Å². The lowest BCUT2D eigenvalue weighted by Crippen LogP contribution is -2.54. The fourth-order valence-corrected chi connectivity index (χ4v) is 10.5. The van der Waals surface area contributed by atoms with Crippen LogP contribution in [0.4, 0.5) is 5.82 Å². The third-order valence-electron chi connectivity index (χ3n) is 12.2. The van der Waals surface area contributed by atoms with Gasteiger partial charge < -0.3 is 10.4 Å². The van der Waals surface area contributed by atoms with Crippen molar-refractivity contribution in [3.05, 3.63) is 29.4 Å². The standard InChI is InChI=1S/C32H44ClN3O2/c1-19(8-13-28(37)38)25-11-12-26-24-10-9-20-18-21(14-16-31(20,2)27(24)15-17-32(25,26)3)34-30-23-7-5-4-6-22(23)29(33)35-36-30/h4-7,19-21,24-27H,8-18H2,1-3H3,(H,34,36)(H,37,38)/t19-,20-,21?,24+,25?,26+,27+,31+,32-/m1/s1.